The molecule has 2 aromatic rings. The van der Waals surface area contributed by atoms with E-state index in [2.05, 4.69) is 5.32 Å². The quantitative estimate of drug-likeness (QED) is 0.636. The molecule has 0 radical (unpaired) electrons. The summed E-state index contributed by atoms with van der Waals surface area (Å²) in [5.74, 6) is -1.68. The highest BCUT2D eigenvalue weighted by Crippen LogP contribution is 2.32. The number of rotatable bonds is 3. The van der Waals surface area contributed by atoms with Gasteiger partial charge >= 0.3 is 6.03 Å². The number of carbonyl (C=O) groups excluding carboxylic acids is 3. The Morgan fingerprint density at radius 3 is 2.86 bits per heavy atom. The Bertz CT molecular complexity index is 987. The van der Waals surface area contributed by atoms with Gasteiger partial charge in [-0.25, -0.2) is 9.18 Å². The first kappa shape index (κ1) is 18.4. The van der Waals surface area contributed by atoms with E-state index in [1.807, 2.05) is 29.3 Å². The number of benzene rings is 1. The third-order valence-electron chi connectivity index (χ3n) is 4.97. The molecule has 6 nitrogen and oxygen atoms in total. The summed E-state index contributed by atoms with van der Waals surface area (Å²) in [6.07, 6.45) is 2.96. The Kier molecular flexibility index (Phi) is 4.72. The van der Waals surface area contributed by atoms with Gasteiger partial charge in [0.05, 0.1) is 6.54 Å². The molecule has 1 saturated heterocycles. The average molecular weight is 399 g/mol. The summed E-state index contributed by atoms with van der Waals surface area (Å²) in [7, 11) is 0. The number of thiophene rings is 1. The van der Waals surface area contributed by atoms with Gasteiger partial charge in [0.25, 0.3) is 11.8 Å². The zero-order chi connectivity index (χ0) is 19.8. The number of hydrogen-bond donors (Lipinski definition) is 1. The van der Waals surface area contributed by atoms with E-state index in [9.17, 15) is 18.8 Å². The number of amides is 4. The van der Waals surface area contributed by atoms with Crippen LogP contribution in [0.3, 0.4) is 0 Å². The molecule has 4 rings (SSSR count). The van der Waals surface area contributed by atoms with Crippen molar-refractivity contribution in [1.29, 1.82) is 0 Å². The SMILES string of the molecule is C[C@H]1CCc2cc(F)ccc2N1/C=C1/C(=O)NC(=O)N(Cc2cccs2)C1=O. The maximum atomic E-state index is 13.6. The molecule has 8 heteroatoms. The van der Waals surface area contributed by atoms with Crippen molar-refractivity contribution in [2.45, 2.75) is 32.4 Å². The topological polar surface area (TPSA) is 69.7 Å². The number of hydrogen-bond acceptors (Lipinski definition) is 5. The number of halogens is 1. The number of barbiturate groups is 1. The van der Waals surface area contributed by atoms with Gasteiger partial charge < -0.3 is 4.90 Å². The molecule has 1 aromatic carbocycles. The molecule has 1 aromatic heterocycles. The molecular formula is C20H18FN3O3S. The fraction of sp³-hybridized carbons (Fsp3) is 0.250. The smallest absolute Gasteiger partial charge is 0.331 e. The van der Waals surface area contributed by atoms with Crippen molar-refractivity contribution in [3.8, 4) is 0 Å². The van der Waals surface area contributed by atoms with Crippen molar-refractivity contribution < 1.29 is 18.8 Å². The summed E-state index contributed by atoms with van der Waals surface area (Å²) >= 11 is 1.43. The fourth-order valence-electron chi connectivity index (χ4n) is 3.47. The zero-order valence-electron chi connectivity index (χ0n) is 15.1. The molecule has 1 N–H and O–H groups in total. The number of urea groups is 1. The third-order valence-corrected chi connectivity index (χ3v) is 5.84. The average Bonchev–Trinajstić information content (AvgIpc) is 3.17. The monoisotopic (exact) mass is 399 g/mol. The van der Waals surface area contributed by atoms with Gasteiger partial charge in [-0.3, -0.25) is 19.8 Å². The number of carbonyl (C=O) groups is 3. The van der Waals surface area contributed by atoms with Crippen molar-refractivity contribution in [3.05, 3.63) is 63.7 Å². The van der Waals surface area contributed by atoms with Gasteiger partial charge in [0.1, 0.15) is 11.4 Å². The lowest BCUT2D eigenvalue weighted by atomic mass is 9.96. The molecule has 144 valence electrons. The Morgan fingerprint density at radius 2 is 2.11 bits per heavy atom. The number of nitrogens with zero attached hydrogens (tertiary/aromatic N) is 2. The largest absolute Gasteiger partial charge is 0.344 e. The van der Waals surface area contributed by atoms with Gasteiger partial charge in [0.2, 0.25) is 0 Å². The summed E-state index contributed by atoms with van der Waals surface area (Å²) in [5, 5.41) is 4.09. The summed E-state index contributed by atoms with van der Waals surface area (Å²) in [4.78, 5) is 41.1. The van der Waals surface area contributed by atoms with Gasteiger partial charge in [0.15, 0.2) is 0 Å². The van der Waals surface area contributed by atoms with Crippen LogP contribution in [0.2, 0.25) is 0 Å². The van der Waals surface area contributed by atoms with Crippen LogP contribution in [-0.2, 0) is 22.6 Å². The highest BCUT2D eigenvalue weighted by atomic mass is 32.1. The number of imide groups is 2. The second-order valence-corrected chi connectivity index (χ2v) is 7.87. The van der Waals surface area contributed by atoms with E-state index in [-0.39, 0.29) is 24.0 Å². The maximum Gasteiger partial charge on any atom is 0.331 e. The molecule has 2 aliphatic heterocycles. The van der Waals surface area contributed by atoms with E-state index in [0.29, 0.717) is 0 Å². The highest BCUT2D eigenvalue weighted by molar-refractivity contribution is 7.09. The molecule has 3 heterocycles. The summed E-state index contributed by atoms with van der Waals surface area (Å²) in [6, 6.07) is 7.43. The number of anilines is 1. The lowest BCUT2D eigenvalue weighted by Gasteiger charge is -2.35. The van der Waals surface area contributed by atoms with E-state index in [0.717, 1.165) is 33.9 Å². The molecule has 28 heavy (non-hydrogen) atoms. The van der Waals surface area contributed by atoms with Crippen LogP contribution in [0, 0.1) is 5.82 Å². The first-order valence-corrected chi connectivity index (χ1v) is 9.80. The Balaban J connectivity index is 1.69. The number of nitrogens with one attached hydrogen (secondary N) is 1. The first-order valence-electron chi connectivity index (χ1n) is 8.92. The number of fused-ring (bicyclic) bond motifs is 1. The normalized spacial score (nSPS) is 21.1. The lowest BCUT2D eigenvalue weighted by molar-refractivity contribution is -0.130. The lowest BCUT2D eigenvalue weighted by Crippen LogP contribution is -2.54. The fourth-order valence-corrected chi connectivity index (χ4v) is 4.16. The van der Waals surface area contributed by atoms with Crippen LogP contribution in [0.15, 0.2) is 47.5 Å². The van der Waals surface area contributed by atoms with Gasteiger partial charge in [-0.2, -0.15) is 0 Å². The van der Waals surface area contributed by atoms with Crippen LogP contribution in [0.25, 0.3) is 0 Å². The predicted octanol–water partition coefficient (Wildman–Crippen LogP) is 3.19. The second-order valence-electron chi connectivity index (χ2n) is 6.84. The van der Waals surface area contributed by atoms with Crippen LogP contribution in [0.5, 0.6) is 0 Å². The van der Waals surface area contributed by atoms with Crippen molar-refractivity contribution in [2.75, 3.05) is 4.90 Å². The minimum atomic E-state index is -0.727. The van der Waals surface area contributed by atoms with Crippen molar-refractivity contribution in [2.24, 2.45) is 0 Å². The zero-order valence-corrected chi connectivity index (χ0v) is 16.0. The summed E-state index contributed by atoms with van der Waals surface area (Å²) in [5.41, 5.74) is 1.47. The summed E-state index contributed by atoms with van der Waals surface area (Å²) in [6.45, 7) is 2.08. The number of aryl methyl sites for hydroxylation is 1. The molecule has 4 amide bonds. The highest BCUT2D eigenvalue weighted by Gasteiger charge is 2.37. The summed E-state index contributed by atoms with van der Waals surface area (Å²) < 4.78 is 13.6. The molecule has 0 saturated carbocycles. The van der Waals surface area contributed by atoms with E-state index in [1.54, 1.807) is 6.07 Å². The first-order chi connectivity index (χ1) is 13.4. The van der Waals surface area contributed by atoms with E-state index in [1.165, 1.54) is 29.7 Å². The molecule has 1 fully saturated rings. The van der Waals surface area contributed by atoms with Crippen LogP contribution in [0.1, 0.15) is 23.8 Å². The molecule has 2 aliphatic rings. The standard InChI is InChI=1S/C20H18FN3O3S/c1-12-4-5-13-9-14(21)6-7-17(13)23(12)11-16-18(25)22-20(27)24(19(16)26)10-15-3-2-8-28-15/h2-3,6-9,11-12H,4-5,10H2,1H3,(H,22,25,27)/b16-11-/t12-/m0/s1. The van der Waals surface area contributed by atoms with Crippen LogP contribution < -0.4 is 10.2 Å². The van der Waals surface area contributed by atoms with Gasteiger partial charge in [-0.05, 0) is 55.0 Å². The van der Waals surface area contributed by atoms with E-state index < -0.39 is 17.8 Å². The Labute approximate surface area is 165 Å². The molecule has 1 atom stereocenters. The molecule has 0 unspecified atom stereocenters. The minimum Gasteiger partial charge on any atom is -0.344 e. The van der Waals surface area contributed by atoms with E-state index in [4.69, 9.17) is 0 Å². The van der Waals surface area contributed by atoms with Gasteiger partial charge in [0, 0.05) is 22.8 Å². The Morgan fingerprint density at radius 1 is 1.29 bits per heavy atom. The van der Waals surface area contributed by atoms with Crippen LogP contribution >= 0.6 is 11.3 Å². The van der Waals surface area contributed by atoms with Crippen molar-refractivity contribution in [1.82, 2.24) is 10.2 Å². The molecule has 0 spiro atoms. The van der Waals surface area contributed by atoms with Gasteiger partial charge in [-0.15, -0.1) is 11.3 Å². The maximum absolute atomic E-state index is 13.6. The molecule has 0 bridgehead atoms. The van der Waals surface area contributed by atoms with E-state index >= 15 is 0 Å². The van der Waals surface area contributed by atoms with Crippen molar-refractivity contribution in [3.63, 3.8) is 0 Å². The van der Waals surface area contributed by atoms with Gasteiger partial charge in [-0.1, -0.05) is 6.07 Å². The molecule has 0 aliphatic carbocycles. The molecular weight excluding hydrogens is 381 g/mol. The van der Waals surface area contributed by atoms with Crippen LogP contribution in [0.4, 0.5) is 14.9 Å². The van der Waals surface area contributed by atoms with Crippen molar-refractivity contribution >= 4 is 34.9 Å². The second kappa shape index (κ2) is 7.20. The third kappa shape index (κ3) is 3.31. The Hall–Kier alpha value is -3.00. The predicted molar refractivity (Wildman–Crippen MR) is 103 cm³/mol. The minimum absolute atomic E-state index is 0.0226. The van der Waals surface area contributed by atoms with Crippen LogP contribution in [-0.4, -0.2) is 28.8 Å².